The zero-order valence-electron chi connectivity index (χ0n) is 19.2. The van der Waals surface area contributed by atoms with E-state index in [0.717, 1.165) is 5.56 Å². The number of hydrogen-bond donors (Lipinski definition) is 7. The van der Waals surface area contributed by atoms with E-state index in [4.69, 9.17) is 9.47 Å². The van der Waals surface area contributed by atoms with Crippen molar-refractivity contribution in [1.82, 2.24) is 0 Å². The average Bonchev–Trinajstić information content (AvgIpc) is 2.85. The third kappa shape index (κ3) is 6.74. The first kappa shape index (κ1) is 27.4. The molecule has 2 heterocycles. The molecular weight excluding hydrogens is 458 g/mol. The maximum atomic E-state index is 10.1. The van der Waals surface area contributed by atoms with Gasteiger partial charge in [0.05, 0.1) is 49.3 Å². The molecule has 0 aliphatic carbocycles. The van der Waals surface area contributed by atoms with Gasteiger partial charge in [0.2, 0.25) is 0 Å². The summed E-state index contributed by atoms with van der Waals surface area (Å²) in [6.45, 7) is -0.820. The summed E-state index contributed by atoms with van der Waals surface area (Å²) >= 11 is 0. The molecule has 0 aromatic heterocycles. The summed E-state index contributed by atoms with van der Waals surface area (Å²) in [5.74, 6) is 0. The smallest absolute Gasteiger partial charge is 0.111 e. The Morgan fingerprint density at radius 2 is 1.40 bits per heavy atom. The third-order valence-corrected chi connectivity index (χ3v) is 6.40. The largest absolute Gasteiger partial charge is 0.394 e. The second-order valence-corrected chi connectivity index (χ2v) is 8.87. The fraction of sp³-hybridized carbons (Fsp3) is 0.560. The van der Waals surface area contributed by atoms with Gasteiger partial charge in [-0.15, -0.1) is 0 Å². The number of aliphatic hydroxyl groups is 7. The quantitative estimate of drug-likeness (QED) is 0.240. The molecule has 5 unspecified atom stereocenters. The maximum absolute atomic E-state index is 10.1. The number of nitriles is 1. The first-order valence-electron chi connectivity index (χ1n) is 11.6. The molecule has 2 aliphatic heterocycles. The lowest BCUT2D eigenvalue weighted by Crippen LogP contribution is -2.58. The second kappa shape index (κ2) is 12.7. The van der Waals surface area contributed by atoms with Crippen LogP contribution in [-0.4, -0.2) is 104 Å². The molecule has 0 amide bonds. The highest BCUT2D eigenvalue weighted by atomic mass is 16.5. The molecule has 35 heavy (non-hydrogen) atoms. The van der Waals surface area contributed by atoms with Gasteiger partial charge in [0, 0.05) is 6.42 Å². The van der Waals surface area contributed by atoms with Crippen molar-refractivity contribution in [2.45, 2.75) is 74.2 Å². The molecular formula is C25H33NO9. The third-order valence-electron chi connectivity index (χ3n) is 6.40. The van der Waals surface area contributed by atoms with Crippen molar-refractivity contribution < 1.29 is 45.2 Å². The fourth-order valence-electron chi connectivity index (χ4n) is 4.29. The zero-order valence-corrected chi connectivity index (χ0v) is 19.2. The molecule has 0 spiro atoms. The molecule has 10 heteroatoms. The van der Waals surface area contributed by atoms with Gasteiger partial charge in [-0.05, 0) is 30.0 Å². The topological polar surface area (TPSA) is 184 Å². The molecule has 3 rings (SSSR count). The van der Waals surface area contributed by atoms with Crippen LogP contribution in [0.25, 0.3) is 12.2 Å². The summed E-state index contributed by atoms with van der Waals surface area (Å²) in [6.07, 6.45) is -1.30. The summed E-state index contributed by atoms with van der Waals surface area (Å²) in [4.78, 5) is 0. The zero-order chi connectivity index (χ0) is 25.5. The van der Waals surface area contributed by atoms with Crippen molar-refractivity contribution in [3.8, 4) is 6.07 Å². The molecule has 1 aromatic rings. The Kier molecular flexibility index (Phi) is 9.94. The lowest BCUT2D eigenvalue weighted by Gasteiger charge is -2.39. The van der Waals surface area contributed by atoms with Gasteiger partial charge in [0.25, 0.3) is 0 Å². The lowest BCUT2D eigenvalue weighted by atomic mass is 9.93. The van der Waals surface area contributed by atoms with E-state index in [0.29, 0.717) is 17.5 Å². The van der Waals surface area contributed by atoms with Crippen LogP contribution >= 0.6 is 0 Å². The predicted octanol–water partition coefficient (Wildman–Crippen LogP) is -0.921. The number of ether oxygens (including phenoxy) is 2. The van der Waals surface area contributed by atoms with E-state index in [1.165, 1.54) is 0 Å². The van der Waals surface area contributed by atoms with Crippen molar-refractivity contribution in [3.63, 3.8) is 0 Å². The van der Waals surface area contributed by atoms with Crippen LogP contribution in [0.1, 0.15) is 36.0 Å². The molecule has 7 N–H and O–H groups in total. The van der Waals surface area contributed by atoms with Crippen molar-refractivity contribution >= 4 is 12.2 Å². The van der Waals surface area contributed by atoms with Crippen molar-refractivity contribution in [2.24, 2.45) is 0 Å². The molecule has 2 aliphatic rings. The number of benzene rings is 1. The molecule has 9 atom stereocenters. The Labute approximate surface area is 203 Å². The van der Waals surface area contributed by atoms with Crippen molar-refractivity contribution in [3.05, 3.63) is 47.0 Å². The number of nitrogens with zero attached hydrogens (tertiary/aromatic N) is 1. The molecule has 2 saturated heterocycles. The SMILES string of the molecule is N#Cc1cc(/C=C/C[C@H]2OC(CO)[C@@H](O)C(O)C2O)ccc1/C=C/CC1O[C@H](CO)C(O)C[C@@H]1O. The first-order valence-corrected chi connectivity index (χ1v) is 11.6. The first-order chi connectivity index (χ1) is 16.8. The molecule has 0 radical (unpaired) electrons. The van der Waals surface area contributed by atoms with E-state index in [9.17, 15) is 41.0 Å². The van der Waals surface area contributed by atoms with E-state index in [-0.39, 0.29) is 19.4 Å². The predicted molar refractivity (Wildman–Crippen MR) is 125 cm³/mol. The summed E-state index contributed by atoms with van der Waals surface area (Å²) < 4.78 is 11.0. The number of rotatable bonds is 8. The van der Waals surface area contributed by atoms with E-state index in [2.05, 4.69) is 6.07 Å². The summed E-state index contributed by atoms with van der Waals surface area (Å²) in [6, 6.07) is 7.39. The highest BCUT2D eigenvalue weighted by molar-refractivity contribution is 5.63. The van der Waals surface area contributed by atoms with Gasteiger partial charge >= 0.3 is 0 Å². The monoisotopic (exact) mass is 491 g/mol. The fourth-order valence-corrected chi connectivity index (χ4v) is 4.29. The highest BCUT2D eigenvalue weighted by Crippen LogP contribution is 2.25. The van der Waals surface area contributed by atoms with Gasteiger partial charge < -0.3 is 45.2 Å². The minimum Gasteiger partial charge on any atom is -0.394 e. The van der Waals surface area contributed by atoms with E-state index in [1.54, 1.807) is 42.5 Å². The van der Waals surface area contributed by atoms with E-state index in [1.807, 2.05) is 0 Å². The van der Waals surface area contributed by atoms with Crippen molar-refractivity contribution in [2.75, 3.05) is 13.2 Å². The van der Waals surface area contributed by atoms with Crippen LogP contribution in [-0.2, 0) is 9.47 Å². The Hall–Kier alpha value is -2.17. The molecule has 2 fully saturated rings. The standard InChI is InChI=1S/C25H33NO9/c26-11-16-9-14(3-1-6-20-23(31)25(33)24(32)22(13-28)35-20)7-8-15(16)4-2-5-19-17(29)10-18(30)21(12-27)34-19/h1-4,7-9,17-25,27-33H,5-6,10,12-13H2/b3-1+,4-2+/t17-,18?,19?,20+,21+,22?,23?,24+,25?/m0/s1. The van der Waals surface area contributed by atoms with E-state index < -0.39 is 61.5 Å². The van der Waals surface area contributed by atoms with Crippen molar-refractivity contribution in [1.29, 1.82) is 5.26 Å². The van der Waals surface area contributed by atoms with Crippen LogP contribution in [0.5, 0.6) is 0 Å². The Morgan fingerprint density at radius 3 is 2.09 bits per heavy atom. The molecule has 192 valence electrons. The van der Waals surface area contributed by atoms with Gasteiger partial charge in [-0.25, -0.2) is 0 Å². The van der Waals surface area contributed by atoms with Crippen LogP contribution in [0.2, 0.25) is 0 Å². The minimum absolute atomic E-state index is 0.122. The lowest BCUT2D eigenvalue weighted by molar-refractivity contribution is -0.227. The van der Waals surface area contributed by atoms with Crippen LogP contribution in [0, 0.1) is 11.3 Å². The Morgan fingerprint density at radius 1 is 0.800 bits per heavy atom. The second-order valence-electron chi connectivity index (χ2n) is 8.87. The van der Waals surface area contributed by atoms with Crippen LogP contribution in [0.4, 0.5) is 0 Å². The molecule has 10 nitrogen and oxygen atoms in total. The van der Waals surface area contributed by atoms with Crippen LogP contribution in [0.15, 0.2) is 30.4 Å². The number of aliphatic hydroxyl groups excluding tert-OH is 7. The van der Waals surface area contributed by atoms with E-state index >= 15 is 0 Å². The van der Waals surface area contributed by atoms with Crippen LogP contribution in [0.3, 0.4) is 0 Å². The average molecular weight is 492 g/mol. The summed E-state index contributed by atoms with van der Waals surface area (Å²) in [5, 5.41) is 77.9. The summed E-state index contributed by atoms with van der Waals surface area (Å²) in [5.41, 5.74) is 1.82. The van der Waals surface area contributed by atoms with Gasteiger partial charge in [-0.1, -0.05) is 36.4 Å². The van der Waals surface area contributed by atoms with Gasteiger partial charge in [-0.3, -0.25) is 0 Å². The van der Waals surface area contributed by atoms with Gasteiger partial charge in [0.1, 0.15) is 30.5 Å². The molecule has 0 bridgehead atoms. The Bertz CT molecular complexity index is 928. The van der Waals surface area contributed by atoms with Gasteiger partial charge in [-0.2, -0.15) is 5.26 Å². The normalized spacial score (nSPS) is 36.0. The summed E-state index contributed by atoms with van der Waals surface area (Å²) in [7, 11) is 0. The van der Waals surface area contributed by atoms with Crippen LogP contribution < -0.4 is 0 Å². The Balaban J connectivity index is 1.60. The maximum Gasteiger partial charge on any atom is 0.111 e. The number of hydrogen-bond acceptors (Lipinski definition) is 10. The molecule has 0 saturated carbocycles. The highest BCUT2D eigenvalue weighted by Gasteiger charge is 2.42. The van der Waals surface area contributed by atoms with Gasteiger partial charge in [0.15, 0.2) is 0 Å². The molecule has 1 aromatic carbocycles. The minimum atomic E-state index is -1.42.